The molecule has 0 saturated carbocycles. The van der Waals surface area contributed by atoms with Gasteiger partial charge >= 0.3 is 0 Å². The fourth-order valence-electron chi connectivity index (χ4n) is 11.7. The molecular formula is C67H43NO. The van der Waals surface area contributed by atoms with Crippen LogP contribution in [0.15, 0.2) is 265 Å². The number of hydrogen-bond acceptors (Lipinski definition) is 2. The molecule has 2 nitrogen and oxygen atoms in total. The molecule has 1 aromatic heterocycles. The van der Waals surface area contributed by atoms with Crippen LogP contribution in [0.4, 0.5) is 17.1 Å². The Morgan fingerprint density at radius 3 is 1.35 bits per heavy atom. The van der Waals surface area contributed by atoms with Crippen molar-refractivity contribution in [3.63, 3.8) is 0 Å². The second kappa shape index (κ2) is 15.6. The molecule has 0 unspecified atom stereocenters. The van der Waals surface area contributed by atoms with E-state index in [1.54, 1.807) is 0 Å². The lowest BCUT2D eigenvalue weighted by atomic mass is 9.68. The van der Waals surface area contributed by atoms with Crippen LogP contribution in [0, 0.1) is 0 Å². The van der Waals surface area contributed by atoms with Crippen molar-refractivity contribution >= 4 is 39.0 Å². The second-order valence-electron chi connectivity index (χ2n) is 18.3. The molecule has 322 valence electrons. The monoisotopic (exact) mass is 877 g/mol. The molecule has 1 spiro atoms. The number of rotatable bonds is 7. The SMILES string of the molecule is c1ccc(-c2ccc(N(c3ccc(-c4c5c(cc6c4oc4ccccc46)-c4ccccc4C54c5ccccc5-c5ccccc54)cc3)c3ccc(-c4ccccc4)cc3-c3ccccc3)cc2)cc1. The van der Waals surface area contributed by atoms with Crippen LogP contribution in [0.5, 0.6) is 0 Å². The van der Waals surface area contributed by atoms with Crippen molar-refractivity contribution in [3.05, 3.63) is 283 Å². The Morgan fingerprint density at radius 1 is 0.304 bits per heavy atom. The third-order valence-corrected chi connectivity index (χ3v) is 14.7. The maximum absolute atomic E-state index is 7.11. The average Bonchev–Trinajstić information content (AvgIpc) is 4.05. The van der Waals surface area contributed by atoms with Gasteiger partial charge < -0.3 is 9.32 Å². The minimum atomic E-state index is -0.558. The molecule has 11 aromatic carbocycles. The standard InChI is InChI=1S/C67H43NO/c1-4-18-44(19-5-1)46-32-37-50(38-33-46)68(62-41-36-49(45-20-6-2-7-21-45)42-56(62)47-22-8-3-9-23-47)51-39-34-48(35-40-51)64-65-57(43-58-55-27-13-17-31-63(55)69-66(58)64)54-26-12-16-30-61(54)67(65)59-28-14-10-24-52(59)53-25-11-15-29-60(53)67/h1-43H. The summed E-state index contributed by atoms with van der Waals surface area (Å²) in [5.74, 6) is 0. The first-order valence-corrected chi connectivity index (χ1v) is 23.8. The summed E-state index contributed by atoms with van der Waals surface area (Å²) < 4.78 is 7.11. The van der Waals surface area contributed by atoms with E-state index in [9.17, 15) is 0 Å². The maximum Gasteiger partial charge on any atom is 0.143 e. The predicted molar refractivity (Wildman–Crippen MR) is 286 cm³/mol. The van der Waals surface area contributed by atoms with Crippen molar-refractivity contribution in [2.24, 2.45) is 0 Å². The number of hydrogen-bond donors (Lipinski definition) is 0. The van der Waals surface area contributed by atoms with Gasteiger partial charge in [-0.25, -0.2) is 0 Å². The van der Waals surface area contributed by atoms with Gasteiger partial charge in [0.25, 0.3) is 0 Å². The Morgan fingerprint density at radius 2 is 0.754 bits per heavy atom. The quantitative estimate of drug-likeness (QED) is 0.159. The molecule has 0 bridgehead atoms. The van der Waals surface area contributed by atoms with Crippen LogP contribution in [-0.2, 0) is 5.41 Å². The maximum atomic E-state index is 7.11. The van der Waals surface area contributed by atoms with Crippen molar-refractivity contribution in [1.82, 2.24) is 0 Å². The lowest BCUT2D eigenvalue weighted by Gasteiger charge is -2.32. The van der Waals surface area contributed by atoms with Crippen molar-refractivity contribution in [2.75, 3.05) is 4.90 Å². The molecule has 1 heterocycles. The van der Waals surface area contributed by atoms with Gasteiger partial charge in [0.1, 0.15) is 11.2 Å². The number of benzene rings is 11. The molecule has 0 aliphatic heterocycles. The van der Waals surface area contributed by atoms with E-state index in [0.717, 1.165) is 61.3 Å². The zero-order valence-electron chi connectivity index (χ0n) is 37.7. The first-order valence-electron chi connectivity index (χ1n) is 23.8. The zero-order valence-corrected chi connectivity index (χ0v) is 37.7. The van der Waals surface area contributed by atoms with Gasteiger partial charge in [-0.3, -0.25) is 0 Å². The van der Waals surface area contributed by atoms with Crippen LogP contribution in [0.3, 0.4) is 0 Å². The summed E-state index contributed by atoms with van der Waals surface area (Å²) >= 11 is 0. The molecule has 0 fully saturated rings. The summed E-state index contributed by atoms with van der Waals surface area (Å²) in [6, 6.07) is 95.3. The Labute approximate surface area is 401 Å². The molecule has 12 aromatic rings. The third kappa shape index (κ3) is 5.92. The molecule has 69 heavy (non-hydrogen) atoms. The molecule has 0 amide bonds. The van der Waals surface area contributed by atoms with Crippen LogP contribution in [0.25, 0.3) is 88.7 Å². The first kappa shape index (κ1) is 39.2. The van der Waals surface area contributed by atoms with E-state index in [-0.39, 0.29) is 0 Å². The van der Waals surface area contributed by atoms with E-state index < -0.39 is 5.41 Å². The summed E-state index contributed by atoms with van der Waals surface area (Å²) in [5, 5.41) is 2.25. The normalized spacial score (nSPS) is 12.8. The molecule has 0 saturated heterocycles. The van der Waals surface area contributed by atoms with Crippen molar-refractivity contribution in [3.8, 4) is 66.8 Å². The lowest BCUT2D eigenvalue weighted by Crippen LogP contribution is -2.26. The molecule has 0 radical (unpaired) electrons. The van der Waals surface area contributed by atoms with Gasteiger partial charge in [0, 0.05) is 33.3 Å². The molecule has 14 rings (SSSR count). The highest BCUT2D eigenvalue weighted by Crippen LogP contribution is 2.65. The number of anilines is 3. The number of para-hydroxylation sites is 1. The molecule has 0 N–H and O–H groups in total. The Bertz CT molecular complexity index is 3880. The lowest BCUT2D eigenvalue weighted by molar-refractivity contribution is 0.668. The van der Waals surface area contributed by atoms with Crippen molar-refractivity contribution in [2.45, 2.75) is 5.41 Å². The van der Waals surface area contributed by atoms with Crippen molar-refractivity contribution < 1.29 is 4.42 Å². The minimum absolute atomic E-state index is 0.558. The highest BCUT2D eigenvalue weighted by atomic mass is 16.3. The largest absolute Gasteiger partial charge is 0.455 e. The molecule has 2 aliphatic rings. The van der Waals surface area contributed by atoms with Gasteiger partial charge in [0.15, 0.2) is 0 Å². The van der Waals surface area contributed by atoms with E-state index in [0.29, 0.717) is 0 Å². The van der Waals surface area contributed by atoms with E-state index in [2.05, 4.69) is 266 Å². The van der Waals surface area contributed by atoms with E-state index in [1.165, 1.54) is 66.8 Å². The van der Waals surface area contributed by atoms with Crippen LogP contribution >= 0.6 is 0 Å². The third-order valence-electron chi connectivity index (χ3n) is 14.7. The summed E-state index contributed by atoms with van der Waals surface area (Å²) in [5.41, 5.74) is 24.0. The molecular weight excluding hydrogens is 835 g/mol. The van der Waals surface area contributed by atoms with Gasteiger partial charge in [-0.1, -0.05) is 212 Å². The Kier molecular flexibility index (Phi) is 8.84. The van der Waals surface area contributed by atoms with Gasteiger partial charge in [0.05, 0.1) is 11.1 Å². The van der Waals surface area contributed by atoms with E-state index in [4.69, 9.17) is 4.42 Å². The van der Waals surface area contributed by atoms with Crippen LogP contribution in [-0.4, -0.2) is 0 Å². The fourth-order valence-corrected chi connectivity index (χ4v) is 11.7. The molecule has 2 heteroatoms. The summed E-state index contributed by atoms with van der Waals surface area (Å²) in [6.07, 6.45) is 0. The van der Waals surface area contributed by atoms with Crippen molar-refractivity contribution in [1.29, 1.82) is 0 Å². The second-order valence-corrected chi connectivity index (χ2v) is 18.3. The van der Waals surface area contributed by atoms with Gasteiger partial charge in [-0.05, 0) is 126 Å². The number of furan rings is 1. The highest BCUT2D eigenvalue weighted by Gasteiger charge is 2.53. The average molecular weight is 878 g/mol. The van der Waals surface area contributed by atoms with Gasteiger partial charge in [-0.2, -0.15) is 0 Å². The summed E-state index contributed by atoms with van der Waals surface area (Å²) in [7, 11) is 0. The predicted octanol–water partition coefficient (Wildman–Crippen LogP) is 18.1. The fraction of sp³-hybridized carbons (Fsp3) is 0.0149. The summed E-state index contributed by atoms with van der Waals surface area (Å²) in [4.78, 5) is 2.42. The van der Waals surface area contributed by atoms with Gasteiger partial charge in [0.2, 0.25) is 0 Å². The Hall–Kier alpha value is -8.98. The van der Waals surface area contributed by atoms with E-state index in [1.807, 2.05) is 0 Å². The Balaban J connectivity index is 1.02. The minimum Gasteiger partial charge on any atom is -0.455 e. The van der Waals surface area contributed by atoms with Crippen LogP contribution < -0.4 is 4.90 Å². The number of fused-ring (bicyclic) bond motifs is 13. The smallest absolute Gasteiger partial charge is 0.143 e. The highest BCUT2D eigenvalue weighted by molar-refractivity contribution is 6.15. The summed E-state index contributed by atoms with van der Waals surface area (Å²) in [6.45, 7) is 0. The topological polar surface area (TPSA) is 16.4 Å². The zero-order chi connectivity index (χ0) is 45.5. The molecule has 0 atom stereocenters. The van der Waals surface area contributed by atoms with Gasteiger partial charge in [-0.15, -0.1) is 0 Å². The number of nitrogens with zero attached hydrogens (tertiary/aromatic N) is 1. The van der Waals surface area contributed by atoms with Crippen LogP contribution in [0.1, 0.15) is 22.3 Å². The first-order chi connectivity index (χ1) is 34.2. The van der Waals surface area contributed by atoms with Crippen LogP contribution in [0.2, 0.25) is 0 Å². The molecule has 2 aliphatic carbocycles. The van der Waals surface area contributed by atoms with E-state index >= 15 is 0 Å².